The Bertz CT molecular complexity index is 544. The van der Waals surface area contributed by atoms with Gasteiger partial charge >= 0.3 is 0 Å². The number of aryl methyl sites for hydroxylation is 1. The van der Waals surface area contributed by atoms with Gasteiger partial charge in [-0.25, -0.2) is 4.98 Å². The lowest BCUT2D eigenvalue weighted by Crippen LogP contribution is -2.15. The van der Waals surface area contributed by atoms with Crippen LogP contribution in [0.2, 0.25) is 0 Å². The summed E-state index contributed by atoms with van der Waals surface area (Å²) < 4.78 is 3.39. The topological polar surface area (TPSA) is 17.3 Å². The quantitative estimate of drug-likeness (QED) is 0.818. The molecule has 0 N–H and O–H groups in total. The number of pyridine rings is 1. The van der Waals surface area contributed by atoms with Gasteiger partial charge in [0.25, 0.3) is 0 Å². The van der Waals surface area contributed by atoms with Gasteiger partial charge in [-0.2, -0.15) is 0 Å². The maximum atomic E-state index is 4.73. The molecule has 0 saturated heterocycles. The second-order valence-corrected chi connectivity index (χ2v) is 5.89. The summed E-state index contributed by atoms with van der Waals surface area (Å²) in [5, 5.41) is 0. The molecule has 0 spiro atoms. The van der Waals surface area contributed by atoms with E-state index in [4.69, 9.17) is 4.98 Å². The van der Waals surface area contributed by atoms with E-state index in [0.717, 1.165) is 22.5 Å². The number of nitrogens with zero attached hydrogens (tertiary/aromatic N) is 2. The van der Waals surface area contributed by atoms with Gasteiger partial charge in [-0.3, -0.25) is 0 Å². The lowest BCUT2D eigenvalue weighted by Gasteiger charge is -2.21. The number of hydrogen-bond acceptors (Lipinski definition) is 1. The average Bonchev–Trinajstić information content (AvgIpc) is 2.67. The highest BCUT2D eigenvalue weighted by Gasteiger charge is 2.22. The molecule has 1 aliphatic rings. The SMILES string of the molecule is CCCC1CCc2nc3ccc(Br)cn3c2C1. The van der Waals surface area contributed by atoms with Crippen molar-refractivity contribution in [2.45, 2.75) is 39.0 Å². The molecule has 2 aromatic rings. The monoisotopic (exact) mass is 292 g/mol. The van der Waals surface area contributed by atoms with Gasteiger partial charge in [0.15, 0.2) is 0 Å². The van der Waals surface area contributed by atoms with E-state index in [2.05, 4.69) is 45.6 Å². The molecule has 90 valence electrons. The van der Waals surface area contributed by atoms with Crippen molar-refractivity contribution in [3.63, 3.8) is 0 Å². The van der Waals surface area contributed by atoms with E-state index in [1.54, 1.807) is 0 Å². The third-order valence-electron chi connectivity index (χ3n) is 3.73. The number of halogens is 1. The van der Waals surface area contributed by atoms with E-state index in [1.807, 2.05) is 0 Å². The second kappa shape index (κ2) is 4.45. The fourth-order valence-electron chi connectivity index (χ4n) is 2.90. The predicted octanol–water partition coefficient (Wildman–Crippen LogP) is 4.00. The first kappa shape index (κ1) is 11.3. The minimum absolute atomic E-state index is 0.853. The lowest BCUT2D eigenvalue weighted by atomic mass is 9.87. The minimum Gasteiger partial charge on any atom is -0.303 e. The third-order valence-corrected chi connectivity index (χ3v) is 4.20. The first-order valence-corrected chi connectivity index (χ1v) is 7.22. The summed E-state index contributed by atoms with van der Waals surface area (Å²) in [5.41, 5.74) is 3.84. The molecule has 3 rings (SSSR count). The first-order valence-electron chi connectivity index (χ1n) is 6.43. The van der Waals surface area contributed by atoms with Crippen LogP contribution in [0.1, 0.15) is 37.6 Å². The van der Waals surface area contributed by atoms with Crippen LogP contribution in [0.5, 0.6) is 0 Å². The van der Waals surface area contributed by atoms with Crippen LogP contribution in [-0.4, -0.2) is 9.38 Å². The Morgan fingerprint density at radius 3 is 3.18 bits per heavy atom. The molecular formula is C14H17BrN2. The summed E-state index contributed by atoms with van der Waals surface area (Å²) in [6.45, 7) is 2.28. The molecule has 17 heavy (non-hydrogen) atoms. The van der Waals surface area contributed by atoms with Gasteiger partial charge in [-0.1, -0.05) is 19.8 Å². The Morgan fingerprint density at radius 1 is 1.47 bits per heavy atom. The van der Waals surface area contributed by atoms with Gasteiger partial charge < -0.3 is 4.40 Å². The standard InChI is InChI=1S/C14H17BrN2/c1-2-3-10-4-6-12-13(8-10)17-9-11(15)5-7-14(17)16-12/h5,7,9-10H,2-4,6,8H2,1H3. The average molecular weight is 293 g/mol. The van der Waals surface area contributed by atoms with Crippen LogP contribution in [0.4, 0.5) is 0 Å². The van der Waals surface area contributed by atoms with Crippen LogP contribution in [0, 0.1) is 5.92 Å². The maximum absolute atomic E-state index is 4.73. The van der Waals surface area contributed by atoms with Crippen molar-refractivity contribution in [2.24, 2.45) is 5.92 Å². The molecular weight excluding hydrogens is 276 g/mol. The van der Waals surface area contributed by atoms with Gasteiger partial charge in [0, 0.05) is 16.4 Å². The zero-order chi connectivity index (χ0) is 11.8. The zero-order valence-corrected chi connectivity index (χ0v) is 11.7. The van der Waals surface area contributed by atoms with E-state index in [1.165, 1.54) is 37.1 Å². The van der Waals surface area contributed by atoms with Crippen molar-refractivity contribution in [3.05, 3.63) is 34.2 Å². The molecule has 2 nitrogen and oxygen atoms in total. The first-order chi connectivity index (χ1) is 8.28. The molecule has 0 aliphatic heterocycles. The van der Waals surface area contributed by atoms with Crippen LogP contribution in [0.3, 0.4) is 0 Å². The van der Waals surface area contributed by atoms with Crippen LogP contribution in [-0.2, 0) is 12.8 Å². The molecule has 0 radical (unpaired) electrons. The smallest absolute Gasteiger partial charge is 0.137 e. The Labute approximate surface area is 110 Å². The molecule has 0 amide bonds. The fraction of sp³-hybridized carbons (Fsp3) is 0.500. The number of rotatable bonds is 2. The predicted molar refractivity (Wildman–Crippen MR) is 73.3 cm³/mol. The Morgan fingerprint density at radius 2 is 2.35 bits per heavy atom. The molecule has 1 aliphatic carbocycles. The van der Waals surface area contributed by atoms with Gasteiger partial charge in [0.2, 0.25) is 0 Å². The molecule has 2 heterocycles. The number of aromatic nitrogens is 2. The summed E-state index contributed by atoms with van der Waals surface area (Å²) in [5.74, 6) is 0.853. The molecule has 0 saturated carbocycles. The van der Waals surface area contributed by atoms with E-state index in [0.29, 0.717) is 0 Å². The lowest BCUT2D eigenvalue weighted by molar-refractivity contribution is 0.414. The van der Waals surface area contributed by atoms with Crippen molar-refractivity contribution >= 4 is 21.6 Å². The molecule has 0 aromatic carbocycles. The molecule has 0 fully saturated rings. The largest absolute Gasteiger partial charge is 0.303 e. The normalized spacial score (nSPS) is 19.5. The highest BCUT2D eigenvalue weighted by molar-refractivity contribution is 9.10. The van der Waals surface area contributed by atoms with E-state index >= 15 is 0 Å². The van der Waals surface area contributed by atoms with Crippen LogP contribution in [0.25, 0.3) is 5.65 Å². The number of hydrogen-bond donors (Lipinski definition) is 0. The van der Waals surface area contributed by atoms with Crippen molar-refractivity contribution in [2.75, 3.05) is 0 Å². The molecule has 0 bridgehead atoms. The van der Waals surface area contributed by atoms with Crippen molar-refractivity contribution in [1.29, 1.82) is 0 Å². The summed E-state index contributed by atoms with van der Waals surface area (Å²) >= 11 is 3.54. The highest BCUT2D eigenvalue weighted by Crippen LogP contribution is 2.29. The van der Waals surface area contributed by atoms with Gasteiger partial charge in [0.05, 0.1) is 5.69 Å². The fourth-order valence-corrected chi connectivity index (χ4v) is 3.24. The number of fused-ring (bicyclic) bond motifs is 3. The molecule has 1 unspecified atom stereocenters. The highest BCUT2D eigenvalue weighted by atomic mass is 79.9. The van der Waals surface area contributed by atoms with Crippen molar-refractivity contribution in [3.8, 4) is 0 Å². The Kier molecular flexibility index (Phi) is 2.95. The van der Waals surface area contributed by atoms with Crippen molar-refractivity contribution in [1.82, 2.24) is 9.38 Å². The van der Waals surface area contributed by atoms with Crippen molar-refractivity contribution < 1.29 is 0 Å². The summed E-state index contributed by atoms with van der Waals surface area (Å²) in [4.78, 5) is 4.73. The molecule has 2 aromatic heterocycles. The van der Waals surface area contributed by atoms with Crippen LogP contribution in [0.15, 0.2) is 22.8 Å². The minimum atomic E-state index is 0.853. The van der Waals surface area contributed by atoms with Gasteiger partial charge in [-0.15, -0.1) is 0 Å². The molecule has 1 atom stereocenters. The Balaban J connectivity index is 2.04. The van der Waals surface area contributed by atoms with Gasteiger partial charge in [-0.05, 0) is 53.2 Å². The third kappa shape index (κ3) is 2.01. The second-order valence-electron chi connectivity index (χ2n) is 4.98. The zero-order valence-electron chi connectivity index (χ0n) is 10.1. The van der Waals surface area contributed by atoms with E-state index in [-0.39, 0.29) is 0 Å². The van der Waals surface area contributed by atoms with E-state index < -0.39 is 0 Å². The number of imidazole rings is 1. The molecule has 3 heteroatoms. The summed E-state index contributed by atoms with van der Waals surface area (Å²) in [6, 6.07) is 4.16. The summed E-state index contributed by atoms with van der Waals surface area (Å²) in [6.07, 6.45) is 8.45. The van der Waals surface area contributed by atoms with E-state index in [9.17, 15) is 0 Å². The van der Waals surface area contributed by atoms with Crippen LogP contribution < -0.4 is 0 Å². The Hall–Kier alpha value is -0.830. The summed E-state index contributed by atoms with van der Waals surface area (Å²) in [7, 11) is 0. The van der Waals surface area contributed by atoms with Gasteiger partial charge in [0.1, 0.15) is 5.65 Å². The van der Waals surface area contributed by atoms with Crippen LogP contribution >= 0.6 is 15.9 Å². The maximum Gasteiger partial charge on any atom is 0.137 e.